The molecule has 180 valence electrons. The minimum absolute atomic E-state index is 0.0970. The molecule has 0 unspecified atom stereocenters. The SMILES string of the molecule is COC(=O)c1ccc(-c2nc3cc(C(=O)NC4CCC(N)CC4)ccn3c2NC(C)(C)C)cc1. The van der Waals surface area contributed by atoms with Crippen molar-refractivity contribution in [3.05, 3.63) is 53.7 Å². The number of rotatable bonds is 5. The number of carbonyl (C=O) groups excluding carboxylic acids is 2. The summed E-state index contributed by atoms with van der Waals surface area (Å²) in [7, 11) is 1.36. The number of benzene rings is 1. The zero-order valence-electron chi connectivity index (χ0n) is 20.2. The average molecular weight is 464 g/mol. The van der Waals surface area contributed by atoms with Gasteiger partial charge in [-0.05, 0) is 70.7 Å². The van der Waals surface area contributed by atoms with Gasteiger partial charge < -0.3 is 21.1 Å². The summed E-state index contributed by atoms with van der Waals surface area (Å²) in [6.45, 7) is 6.23. The number of hydrogen-bond donors (Lipinski definition) is 3. The van der Waals surface area contributed by atoms with Gasteiger partial charge in [-0.3, -0.25) is 9.20 Å². The summed E-state index contributed by atoms with van der Waals surface area (Å²) in [5.74, 6) is 0.340. The Balaban J connectivity index is 1.67. The van der Waals surface area contributed by atoms with Gasteiger partial charge in [0.1, 0.15) is 17.2 Å². The second-order valence-corrected chi connectivity index (χ2v) is 9.98. The third-order valence-electron chi connectivity index (χ3n) is 6.07. The van der Waals surface area contributed by atoms with Crippen molar-refractivity contribution in [3.8, 4) is 11.3 Å². The number of fused-ring (bicyclic) bond motifs is 1. The Kier molecular flexibility index (Phi) is 6.61. The molecule has 0 bridgehead atoms. The first kappa shape index (κ1) is 23.8. The Bertz CT molecular complexity index is 1190. The van der Waals surface area contributed by atoms with Crippen molar-refractivity contribution in [2.75, 3.05) is 12.4 Å². The smallest absolute Gasteiger partial charge is 0.337 e. The molecule has 4 N–H and O–H groups in total. The number of nitrogens with one attached hydrogen (secondary N) is 2. The van der Waals surface area contributed by atoms with Crippen molar-refractivity contribution in [1.82, 2.24) is 14.7 Å². The van der Waals surface area contributed by atoms with Gasteiger partial charge in [-0.2, -0.15) is 0 Å². The van der Waals surface area contributed by atoms with Crippen LogP contribution in [-0.2, 0) is 4.74 Å². The highest BCUT2D eigenvalue weighted by atomic mass is 16.5. The van der Waals surface area contributed by atoms with Crippen molar-refractivity contribution >= 4 is 23.3 Å². The van der Waals surface area contributed by atoms with E-state index in [2.05, 4.69) is 31.4 Å². The number of esters is 1. The van der Waals surface area contributed by atoms with Crippen LogP contribution in [0.2, 0.25) is 0 Å². The maximum absolute atomic E-state index is 12.9. The van der Waals surface area contributed by atoms with Gasteiger partial charge in [-0.25, -0.2) is 9.78 Å². The zero-order chi connectivity index (χ0) is 24.5. The van der Waals surface area contributed by atoms with Crippen LogP contribution in [0.4, 0.5) is 5.82 Å². The van der Waals surface area contributed by atoms with Crippen LogP contribution in [0.15, 0.2) is 42.6 Å². The first-order chi connectivity index (χ1) is 16.1. The Morgan fingerprint density at radius 1 is 1.06 bits per heavy atom. The van der Waals surface area contributed by atoms with E-state index >= 15 is 0 Å². The number of nitrogens with zero attached hydrogens (tertiary/aromatic N) is 2. The van der Waals surface area contributed by atoms with E-state index in [1.54, 1.807) is 12.1 Å². The quantitative estimate of drug-likeness (QED) is 0.493. The van der Waals surface area contributed by atoms with E-state index in [9.17, 15) is 9.59 Å². The van der Waals surface area contributed by atoms with Crippen molar-refractivity contribution in [3.63, 3.8) is 0 Å². The number of ether oxygens (including phenoxy) is 1. The van der Waals surface area contributed by atoms with E-state index in [-0.39, 0.29) is 29.5 Å². The number of hydrogen-bond acceptors (Lipinski definition) is 6. The van der Waals surface area contributed by atoms with Gasteiger partial charge in [0.05, 0.1) is 12.7 Å². The predicted octanol–water partition coefficient (Wildman–Crippen LogP) is 4.00. The number of anilines is 1. The molecule has 1 amide bonds. The fraction of sp³-hybridized carbons (Fsp3) is 0.423. The maximum atomic E-state index is 12.9. The third-order valence-corrected chi connectivity index (χ3v) is 6.07. The van der Waals surface area contributed by atoms with E-state index in [4.69, 9.17) is 15.5 Å². The topological polar surface area (TPSA) is 111 Å². The highest BCUT2D eigenvalue weighted by Gasteiger charge is 2.23. The number of pyridine rings is 1. The molecule has 2 heterocycles. The molecule has 34 heavy (non-hydrogen) atoms. The van der Waals surface area contributed by atoms with Crippen molar-refractivity contribution in [1.29, 1.82) is 0 Å². The molecule has 1 fully saturated rings. The Hall–Kier alpha value is -3.39. The van der Waals surface area contributed by atoms with Gasteiger partial charge in [0.15, 0.2) is 0 Å². The maximum Gasteiger partial charge on any atom is 0.337 e. The average Bonchev–Trinajstić information content (AvgIpc) is 3.16. The summed E-state index contributed by atoms with van der Waals surface area (Å²) in [6, 6.07) is 11.2. The molecular weight excluding hydrogens is 430 g/mol. The fourth-order valence-electron chi connectivity index (χ4n) is 4.28. The van der Waals surface area contributed by atoms with Crippen molar-refractivity contribution < 1.29 is 14.3 Å². The molecule has 1 aliphatic rings. The van der Waals surface area contributed by atoms with Crippen LogP contribution in [0.1, 0.15) is 67.2 Å². The second-order valence-electron chi connectivity index (χ2n) is 9.98. The van der Waals surface area contributed by atoms with E-state index in [0.717, 1.165) is 42.8 Å². The summed E-state index contributed by atoms with van der Waals surface area (Å²) in [4.78, 5) is 29.6. The van der Waals surface area contributed by atoms with Gasteiger partial charge in [0.2, 0.25) is 0 Å². The van der Waals surface area contributed by atoms with Crippen LogP contribution < -0.4 is 16.4 Å². The van der Waals surface area contributed by atoms with Gasteiger partial charge in [-0.1, -0.05) is 12.1 Å². The molecule has 1 aromatic carbocycles. The van der Waals surface area contributed by atoms with Crippen molar-refractivity contribution in [2.24, 2.45) is 5.73 Å². The van der Waals surface area contributed by atoms with Crippen molar-refractivity contribution in [2.45, 2.75) is 64.1 Å². The summed E-state index contributed by atoms with van der Waals surface area (Å²) in [6.07, 6.45) is 5.55. The lowest BCUT2D eigenvalue weighted by Gasteiger charge is -2.26. The second kappa shape index (κ2) is 9.46. The van der Waals surface area contributed by atoms with Gasteiger partial charge in [0.25, 0.3) is 5.91 Å². The molecule has 4 rings (SSSR count). The van der Waals surface area contributed by atoms with Crippen LogP contribution in [0, 0.1) is 0 Å². The highest BCUT2D eigenvalue weighted by molar-refractivity contribution is 5.95. The molecule has 1 saturated carbocycles. The molecule has 1 aliphatic carbocycles. The summed E-state index contributed by atoms with van der Waals surface area (Å²) < 4.78 is 6.75. The minimum atomic E-state index is -0.384. The molecule has 2 aromatic heterocycles. The summed E-state index contributed by atoms with van der Waals surface area (Å²) >= 11 is 0. The number of imidazole rings is 1. The zero-order valence-corrected chi connectivity index (χ0v) is 20.2. The van der Waals surface area contributed by atoms with Crippen LogP contribution >= 0.6 is 0 Å². The van der Waals surface area contributed by atoms with Crippen LogP contribution in [0.3, 0.4) is 0 Å². The summed E-state index contributed by atoms with van der Waals surface area (Å²) in [5, 5.41) is 6.68. The standard InChI is InChI=1S/C26H33N5O3/c1-26(2,3)30-23-22(16-5-7-17(8-6-16)25(33)34-4)29-21-15-18(13-14-31(21)23)24(32)28-20-11-9-19(27)10-12-20/h5-8,13-15,19-20,30H,9-12,27H2,1-4H3,(H,28,32). The first-order valence-electron chi connectivity index (χ1n) is 11.7. The molecule has 0 radical (unpaired) electrons. The predicted molar refractivity (Wildman–Crippen MR) is 133 cm³/mol. The van der Waals surface area contributed by atoms with Gasteiger partial charge in [0, 0.05) is 34.9 Å². The van der Waals surface area contributed by atoms with E-state index in [1.807, 2.05) is 34.9 Å². The fourth-order valence-corrected chi connectivity index (χ4v) is 4.28. The largest absolute Gasteiger partial charge is 0.465 e. The van der Waals surface area contributed by atoms with Crippen LogP contribution in [0.25, 0.3) is 16.9 Å². The van der Waals surface area contributed by atoms with E-state index in [1.165, 1.54) is 7.11 Å². The molecule has 0 aliphatic heterocycles. The van der Waals surface area contributed by atoms with E-state index in [0.29, 0.717) is 16.8 Å². The number of aromatic nitrogens is 2. The summed E-state index contributed by atoms with van der Waals surface area (Å²) in [5.41, 5.74) is 9.08. The Morgan fingerprint density at radius 2 is 1.74 bits per heavy atom. The normalized spacial score (nSPS) is 18.5. The lowest BCUT2D eigenvalue weighted by Crippen LogP contribution is -2.40. The highest BCUT2D eigenvalue weighted by Crippen LogP contribution is 2.31. The number of nitrogens with two attached hydrogens (primary N) is 1. The molecular formula is C26H33N5O3. The Labute approximate surface area is 199 Å². The van der Waals surface area contributed by atoms with Crippen LogP contribution in [0.5, 0.6) is 0 Å². The Morgan fingerprint density at radius 3 is 2.35 bits per heavy atom. The van der Waals surface area contributed by atoms with Crippen LogP contribution in [-0.4, -0.2) is 46.0 Å². The van der Waals surface area contributed by atoms with Gasteiger partial charge in [-0.15, -0.1) is 0 Å². The molecule has 0 atom stereocenters. The minimum Gasteiger partial charge on any atom is -0.465 e. The lowest BCUT2D eigenvalue weighted by molar-refractivity contribution is 0.0600. The molecule has 0 spiro atoms. The molecule has 0 saturated heterocycles. The lowest BCUT2D eigenvalue weighted by atomic mass is 9.91. The molecule has 8 heteroatoms. The van der Waals surface area contributed by atoms with Gasteiger partial charge >= 0.3 is 5.97 Å². The van der Waals surface area contributed by atoms with E-state index < -0.39 is 0 Å². The molecule has 3 aromatic rings. The molecule has 8 nitrogen and oxygen atoms in total. The number of carbonyl (C=O) groups is 2. The third kappa shape index (κ3) is 5.22. The number of methoxy groups -OCH3 is 1. The number of amides is 1. The first-order valence-corrected chi connectivity index (χ1v) is 11.7. The monoisotopic (exact) mass is 463 g/mol.